The van der Waals surface area contributed by atoms with E-state index in [1.165, 1.54) is 18.5 Å². The molecule has 9 nitrogen and oxygen atoms in total. The highest BCUT2D eigenvalue weighted by atomic mass is 19.1. The molecule has 0 saturated carbocycles. The predicted octanol–water partition coefficient (Wildman–Crippen LogP) is 4.90. The molecular formula is C25H24FN7O2. The number of benzene rings is 2. The van der Waals surface area contributed by atoms with E-state index in [1.54, 1.807) is 30.7 Å². The number of ether oxygens (including phenoxy) is 2. The Bertz CT molecular complexity index is 1490. The Kier molecular flexibility index (Phi) is 5.77. The van der Waals surface area contributed by atoms with Crippen molar-refractivity contribution in [3.05, 3.63) is 72.8 Å². The van der Waals surface area contributed by atoms with Crippen molar-refractivity contribution in [2.24, 2.45) is 7.05 Å². The summed E-state index contributed by atoms with van der Waals surface area (Å²) in [4.78, 5) is 12.5. The number of anilines is 1. The van der Waals surface area contributed by atoms with Gasteiger partial charge in [-0.1, -0.05) is 0 Å². The van der Waals surface area contributed by atoms with Gasteiger partial charge in [0.2, 0.25) is 0 Å². The Morgan fingerprint density at radius 3 is 2.51 bits per heavy atom. The maximum Gasteiger partial charge on any atom is 0.164 e. The van der Waals surface area contributed by atoms with E-state index in [0.717, 1.165) is 11.3 Å². The Labute approximate surface area is 201 Å². The first-order chi connectivity index (χ1) is 16.9. The molecule has 0 atom stereocenters. The normalized spacial score (nSPS) is 11.3. The van der Waals surface area contributed by atoms with E-state index in [1.807, 2.05) is 42.3 Å². The lowest BCUT2D eigenvalue weighted by Crippen LogP contribution is -2.04. The average Bonchev–Trinajstić information content (AvgIpc) is 3.42. The number of nitrogens with two attached hydrogens (primary N) is 1. The zero-order chi connectivity index (χ0) is 24.5. The third-order valence-corrected chi connectivity index (χ3v) is 5.52. The first-order valence-corrected chi connectivity index (χ1v) is 11.0. The highest BCUT2D eigenvalue weighted by Gasteiger charge is 2.18. The van der Waals surface area contributed by atoms with Crippen LogP contribution in [0.5, 0.6) is 17.2 Å². The van der Waals surface area contributed by atoms with Crippen molar-refractivity contribution < 1.29 is 13.9 Å². The predicted molar refractivity (Wildman–Crippen MR) is 130 cm³/mol. The molecule has 0 aliphatic carbocycles. The average molecular weight is 474 g/mol. The van der Waals surface area contributed by atoms with Crippen LogP contribution < -0.4 is 15.2 Å². The number of rotatable bonds is 7. The number of aromatic nitrogens is 6. The van der Waals surface area contributed by atoms with Crippen LogP contribution in [0.3, 0.4) is 0 Å². The van der Waals surface area contributed by atoms with Crippen LogP contribution in [0, 0.1) is 5.82 Å². The van der Waals surface area contributed by atoms with Crippen LogP contribution in [0.25, 0.3) is 22.3 Å². The standard InChI is InChI=1S/C25H24FN7O2/c1-15(2)33-25-22(24(27)29-13-30-25)23(31-33)16-4-6-19(7-5-16)35-21-9-17(26)8-20(10-21)34-12-18-11-28-14-32(18)3/h4-11,13-15H,12H2,1-3H3,(H2,27,29,30). The summed E-state index contributed by atoms with van der Waals surface area (Å²) in [5, 5.41) is 5.43. The zero-order valence-electron chi connectivity index (χ0n) is 19.5. The van der Waals surface area contributed by atoms with Crippen molar-refractivity contribution >= 4 is 16.9 Å². The SMILES string of the molecule is CC(C)n1nc(-c2ccc(Oc3cc(F)cc(OCc4cncn4C)c3)cc2)c2c(N)ncnc21. The minimum absolute atomic E-state index is 0.102. The molecule has 2 N–H and O–H groups in total. The second kappa shape index (κ2) is 9.05. The molecule has 0 aliphatic heterocycles. The second-order valence-electron chi connectivity index (χ2n) is 8.38. The Hall–Kier alpha value is -4.47. The molecule has 0 saturated heterocycles. The summed E-state index contributed by atoms with van der Waals surface area (Å²) in [5.74, 6) is 1.13. The molecule has 0 unspecified atom stereocenters. The van der Waals surface area contributed by atoms with Crippen molar-refractivity contribution in [1.29, 1.82) is 0 Å². The van der Waals surface area contributed by atoms with Gasteiger partial charge in [0.1, 0.15) is 47.5 Å². The summed E-state index contributed by atoms with van der Waals surface area (Å²) in [6.07, 6.45) is 4.82. The molecule has 0 bridgehead atoms. The molecule has 3 aromatic heterocycles. The first-order valence-electron chi connectivity index (χ1n) is 11.0. The number of imidazole rings is 1. The summed E-state index contributed by atoms with van der Waals surface area (Å²) >= 11 is 0. The fourth-order valence-electron chi connectivity index (χ4n) is 3.73. The van der Waals surface area contributed by atoms with E-state index in [2.05, 4.69) is 15.0 Å². The molecule has 0 spiro atoms. The third-order valence-electron chi connectivity index (χ3n) is 5.52. The molecule has 0 aliphatic rings. The van der Waals surface area contributed by atoms with Gasteiger partial charge in [0, 0.05) is 36.9 Å². The lowest BCUT2D eigenvalue weighted by molar-refractivity contribution is 0.294. The Balaban J connectivity index is 1.38. The molecule has 2 aromatic carbocycles. The highest BCUT2D eigenvalue weighted by molar-refractivity contribution is 5.98. The quantitative estimate of drug-likeness (QED) is 0.358. The number of hydrogen-bond donors (Lipinski definition) is 1. The maximum absolute atomic E-state index is 14.2. The Morgan fingerprint density at radius 2 is 1.80 bits per heavy atom. The minimum atomic E-state index is -0.458. The lowest BCUT2D eigenvalue weighted by atomic mass is 10.1. The van der Waals surface area contributed by atoms with Gasteiger partial charge in [0.25, 0.3) is 0 Å². The largest absolute Gasteiger partial charge is 0.487 e. The van der Waals surface area contributed by atoms with E-state index >= 15 is 0 Å². The molecule has 5 aromatic rings. The third kappa shape index (κ3) is 4.50. The molecule has 0 amide bonds. The summed E-state index contributed by atoms with van der Waals surface area (Å²) in [6.45, 7) is 4.32. The molecule has 35 heavy (non-hydrogen) atoms. The van der Waals surface area contributed by atoms with Crippen molar-refractivity contribution in [2.45, 2.75) is 26.5 Å². The van der Waals surface area contributed by atoms with Gasteiger partial charge in [-0.25, -0.2) is 24.0 Å². The molecular weight excluding hydrogens is 449 g/mol. The molecule has 178 valence electrons. The Morgan fingerprint density at radius 1 is 1.03 bits per heavy atom. The second-order valence-corrected chi connectivity index (χ2v) is 8.38. The van der Waals surface area contributed by atoms with Gasteiger partial charge in [-0.3, -0.25) is 0 Å². The summed E-state index contributed by atoms with van der Waals surface area (Å²) in [5.41, 5.74) is 9.22. The van der Waals surface area contributed by atoms with E-state index < -0.39 is 5.82 Å². The van der Waals surface area contributed by atoms with Crippen LogP contribution in [0.15, 0.2) is 61.3 Å². The van der Waals surface area contributed by atoms with Gasteiger partial charge in [-0.15, -0.1) is 0 Å². The number of nitrogen functional groups attached to an aromatic ring is 1. The molecule has 0 radical (unpaired) electrons. The molecule has 10 heteroatoms. The van der Waals surface area contributed by atoms with Crippen LogP contribution in [0.2, 0.25) is 0 Å². The van der Waals surface area contributed by atoms with Gasteiger partial charge >= 0.3 is 0 Å². The fraction of sp³-hybridized carbons (Fsp3) is 0.200. The van der Waals surface area contributed by atoms with Crippen molar-refractivity contribution in [3.63, 3.8) is 0 Å². The highest BCUT2D eigenvalue weighted by Crippen LogP contribution is 2.33. The van der Waals surface area contributed by atoms with E-state index in [0.29, 0.717) is 39.8 Å². The van der Waals surface area contributed by atoms with Crippen LogP contribution in [-0.4, -0.2) is 29.3 Å². The first kappa shape index (κ1) is 22.3. The van der Waals surface area contributed by atoms with E-state index in [9.17, 15) is 4.39 Å². The fourth-order valence-corrected chi connectivity index (χ4v) is 3.73. The van der Waals surface area contributed by atoms with Crippen LogP contribution in [0.1, 0.15) is 25.6 Å². The number of aryl methyl sites for hydroxylation is 1. The lowest BCUT2D eigenvalue weighted by Gasteiger charge is -2.10. The molecule has 5 rings (SSSR count). The summed E-state index contributed by atoms with van der Waals surface area (Å²) in [6, 6.07) is 11.7. The topological polar surface area (TPSA) is 106 Å². The van der Waals surface area contributed by atoms with Gasteiger partial charge in [-0.05, 0) is 38.1 Å². The number of fused-ring (bicyclic) bond motifs is 1. The van der Waals surface area contributed by atoms with E-state index in [-0.39, 0.29) is 12.6 Å². The molecule has 0 fully saturated rings. The van der Waals surface area contributed by atoms with Crippen LogP contribution >= 0.6 is 0 Å². The van der Waals surface area contributed by atoms with E-state index in [4.69, 9.17) is 20.3 Å². The number of hydrogen-bond acceptors (Lipinski definition) is 7. The van der Waals surface area contributed by atoms with Crippen molar-refractivity contribution in [2.75, 3.05) is 5.73 Å². The zero-order valence-corrected chi connectivity index (χ0v) is 19.5. The van der Waals surface area contributed by atoms with Crippen LogP contribution in [0.4, 0.5) is 10.2 Å². The summed E-state index contributed by atoms with van der Waals surface area (Å²) in [7, 11) is 1.87. The molecule has 3 heterocycles. The maximum atomic E-state index is 14.2. The number of nitrogens with zero attached hydrogens (tertiary/aromatic N) is 6. The van der Waals surface area contributed by atoms with Crippen molar-refractivity contribution in [1.82, 2.24) is 29.3 Å². The van der Waals surface area contributed by atoms with Gasteiger partial charge in [0.05, 0.1) is 23.6 Å². The van der Waals surface area contributed by atoms with Gasteiger partial charge in [-0.2, -0.15) is 5.10 Å². The van der Waals surface area contributed by atoms with Gasteiger partial charge < -0.3 is 19.8 Å². The van der Waals surface area contributed by atoms with Gasteiger partial charge in [0.15, 0.2) is 5.65 Å². The minimum Gasteiger partial charge on any atom is -0.487 e. The number of halogens is 1. The summed E-state index contributed by atoms with van der Waals surface area (Å²) < 4.78 is 29.5. The van der Waals surface area contributed by atoms with Crippen LogP contribution in [-0.2, 0) is 13.7 Å². The monoisotopic (exact) mass is 473 g/mol. The van der Waals surface area contributed by atoms with Crippen molar-refractivity contribution in [3.8, 4) is 28.5 Å². The smallest absolute Gasteiger partial charge is 0.164 e.